The van der Waals surface area contributed by atoms with Gasteiger partial charge in [-0.15, -0.1) is 5.10 Å². The van der Waals surface area contributed by atoms with Crippen molar-refractivity contribution in [3.05, 3.63) is 63.7 Å². The molecule has 3 heterocycles. The van der Waals surface area contributed by atoms with E-state index in [1.807, 2.05) is 12.2 Å². The lowest BCUT2D eigenvalue weighted by atomic mass is 9.70. The Hall–Kier alpha value is -3.85. The molecule has 1 aromatic carbocycles. The molecule has 0 aliphatic heterocycles. The van der Waals surface area contributed by atoms with Crippen molar-refractivity contribution in [1.29, 1.82) is 0 Å². The summed E-state index contributed by atoms with van der Waals surface area (Å²) in [4.78, 5) is 0. The molecule has 4 aromatic rings. The van der Waals surface area contributed by atoms with Gasteiger partial charge in [-0.3, -0.25) is 4.57 Å². The highest BCUT2D eigenvalue weighted by Gasteiger charge is 2.46. The Labute approximate surface area is 179 Å². The first-order valence-electron chi connectivity index (χ1n) is 9.44. The highest BCUT2D eigenvalue weighted by atomic mass is 35.5. The summed E-state index contributed by atoms with van der Waals surface area (Å²) in [6, 6.07) is 6.80. The molecule has 10 heteroatoms. The highest BCUT2D eigenvalue weighted by molar-refractivity contribution is 6.33. The SMILES string of the molecule is Cn1c(O)c2c(c1O)C1C=CC2c2c1c(O)n(-c1nnc(-c3ccccc3Cl)o1)c2O. The van der Waals surface area contributed by atoms with Gasteiger partial charge in [-0.2, -0.15) is 0 Å². The molecule has 0 saturated carbocycles. The molecule has 7 rings (SSSR count). The molecule has 0 saturated heterocycles. The lowest BCUT2D eigenvalue weighted by Crippen LogP contribution is -2.17. The minimum absolute atomic E-state index is 0.0945. The smallest absolute Gasteiger partial charge is 0.332 e. The predicted molar refractivity (Wildman–Crippen MR) is 109 cm³/mol. The van der Waals surface area contributed by atoms with Crippen LogP contribution in [0.2, 0.25) is 5.02 Å². The molecule has 0 amide bonds. The third-order valence-corrected chi connectivity index (χ3v) is 6.38. The topological polar surface area (TPSA) is 130 Å². The zero-order chi connectivity index (χ0) is 21.6. The molecule has 9 nitrogen and oxygen atoms in total. The lowest BCUT2D eigenvalue weighted by molar-refractivity contribution is 0.376. The summed E-state index contributed by atoms with van der Waals surface area (Å²) >= 11 is 6.20. The van der Waals surface area contributed by atoms with Gasteiger partial charge in [-0.05, 0) is 12.1 Å². The fourth-order valence-corrected chi connectivity index (χ4v) is 4.85. The van der Waals surface area contributed by atoms with Gasteiger partial charge in [0.2, 0.25) is 11.8 Å². The maximum Gasteiger partial charge on any atom is 0.332 e. The van der Waals surface area contributed by atoms with E-state index in [4.69, 9.17) is 16.0 Å². The van der Waals surface area contributed by atoms with E-state index in [1.54, 1.807) is 31.3 Å². The number of benzene rings is 1. The Morgan fingerprint density at radius 1 is 0.839 bits per heavy atom. The van der Waals surface area contributed by atoms with Gasteiger partial charge in [0.25, 0.3) is 5.89 Å². The van der Waals surface area contributed by atoms with E-state index in [-0.39, 0.29) is 35.4 Å². The van der Waals surface area contributed by atoms with Crippen LogP contribution in [0, 0.1) is 0 Å². The van der Waals surface area contributed by atoms with Crippen molar-refractivity contribution in [3.63, 3.8) is 0 Å². The van der Waals surface area contributed by atoms with Crippen LogP contribution in [-0.2, 0) is 7.05 Å². The predicted octanol–water partition coefficient (Wildman–Crippen LogP) is 3.49. The van der Waals surface area contributed by atoms with Crippen LogP contribution >= 0.6 is 11.6 Å². The maximum absolute atomic E-state index is 11.0. The zero-order valence-electron chi connectivity index (χ0n) is 16.0. The van der Waals surface area contributed by atoms with Crippen molar-refractivity contribution in [1.82, 2.24) is 19.3 Å². The summed E-state index contributed by atoms with van der Waals surface area (Å²) in [6.07, 6.45) is 3.64. The van der Waals surface area contributed by atoms with Gasteiger partial charge in [-0.1, -0.05) is 41.0 Å². The van der Waals surface area contributed by atoms with Gasteiger partial charge in [0, 0.05) is 41.1 Å². The number of halogens is 1. The summed E-state index contributed by atoms with van der Waals surface area (Å²) in [7, 11) is 1.54. The Bertz CT molecular complexity index is 1370. The van der Waals surface area contributed by atoms with E-state index in [0.29, 0.717) is 32.8 Å². The Balaban J connectivity index is 1.53. The lowest BCUT2D eigenvalue weighted by Gasteiger charge is -2.31. The van der Waals surface area contributed by atoms with E-state index in [9.17, 15) is 20.4 Å². The molecular weight excluding hydrogens is 424 g/mol. The number of aromatic hydroxyl groups is 4. The summed E-state index contributed by atoms with van der Waals surface area (Å²) in [5.74, 6) is -1.73. The van der Waals surface area contributed by atoms with Crippen LogP contribution in [0.3, 0.4) is 0 Å². The number of allylic oxidation sites excluding steroid dienone is 2. The molecule has 0 fully saturated rings. The fourth-order valence-electron chi connectivity index (χ4n) is 4.64. The van der Waals surface area contributed by atoms with Crippen molar-refractivity contribution >= 4 is 11.6 Å². The van der Waals surface area contributed by atoms with Crippen LogP contribution in [0.25, 0.3) is 17.5 Å². The molecular formula is C21H15ClN4O5. The average Bonchev–Trinajstić information content (AvgIpc) is 3.41. The van der Waals surface area contributed by atoms with Crippen molar-refractivity contribution in [2.75, 3.05) is 0 Å². The first-order valence-corrected chi connectivity index (χ1v) is 9.81. The van der Waals surface area contributed by atoms with Crippen LogP contribution < -0.4 is 0 Å². The molecule has 156 valence electrons. The van der Waals surface area contributed by atoms with Crippen molar-refractivity contribution in [3.8, 4) is 41.0 Å². The summed E-state index contributed by atoms with van der Waals surface area (Å²) in [5, 5.41) is 51.5. The Morgan fingerprint density at radius 2 is 1.39 bits per heavy atom. The highest BCUT2D eigenvalue weighted by Crippen LogP contribution is 2.60. The van der Waals surface area contributed by atoms with E-state index >= 15 is 0 Å². The Morgan fingerprint density at radius 3 is 1.97 bits per heavy atom. The van der Waals surface area contributed by atoms with Gasteiger partial charge in [0.1, 0.15) is 0 Å². The van der Waals surface area contributed by atoms with Gasteiger partial charge < -0.3 is 24.8 Å². The second-order valence-corrected chi connectivity index (χ2v) is 7.96. The number of aromatic nitrogens is 4. The summed E-state index contributed by atoms with van der Waals surface area (Å²) in [5.41, 5.74) is 2.33. The van der Waals surface area contributed by atoms with E-state index in [1.165, 1.54) is 4.57 Å². The van der Waals surface area contributed by atoms with Gasteiger partial charge in [0.15, 0.2) is 11.8 Å². The second kappa shape index (κ2) is 5.86. The van der Waals surface area contributed by atoms with Crippen LogP contribution in [0.1, 0.15) is 34.1 Å². The van der Waals surface area contributed by atoms with Crippen molar-refractivity contribution in [2.45, 2.75) is 11.8 Å². The monoisotopic (exact) mass is 438 g/mol. The van der Waals surface area contributed by atoms with E-state index in [0.717, 1.165) is 4.57 Å². The fraction of sp³-hybridized carbons (Fsp3) is 0.143. The summed E-state index contributed by atoms with van der Waals surface area (Å²) in [6.45, 7) is 0. The third-order valence-electron chi connectivity index (χ3n) is 6.05. The normalized spacial score (nSPS) is 18.4. The molecule has 3 aliphatic rings. The molecule has 3 aliphatic carbocycles. The largest absolute Gasteiger partial charge is 0.494 e. The number of nitrogens with zero attached hydrogens (tertiary/aromatic N) is 4. The van der Waals surface area contributed by atoms with Gasteiger partial charge in [0.05, 0.1) is 10.6 Å². The van der Waals surface area contributed by atoms with Crippen molar-refractivity contribution < 1.29 is 24.8 Å². The first-order chi connectivity index (χ1) is 14.9. The van der Waals surface area contributed by atoms with Gasteiger partial charge in [-0.25, -0.2) is 4.57 Å². The third kappa shape index (κ3) is 2.10. The maximum atomic E-state index is 11.0. The number of hydrogen-bond acceptors (Lipinski definition) is 7. The minimum atomic E-state index is -0.555. The second-order valence-electron chi connectivity index (χ2n) is 7.55. The molecule has 3 aromatic heterocycles. The minimum Gasteiger partial charge on any atom is -0.494 e. The average molecular weight is 439 g/mol. The molecule has 0 spiro atoms. The van der Waals surface area contributed by atoms with Crippen LogP contribution in [0.15, 0.2) is 40.8 Å². The standard InChI is InChI=1S/C21H15ClN4O5/c1-25-17(27)12-9-6-7-10(13(12)18(25)28)15-14(9)19(29)26(20(15)30)21-24-23-16(31-21)8-4-2-3-5-11(8)22/h2-7,9-10,27-30H,1H3. The molecule has 2 bridgehead atoms. The Kier molecular flexibility index (Phi) is 3.39. The first kappa shape index (κ1) is 18.0. The van der Waals surface area contributed by atoms with Crippen LogP contribution in [0.5, 0.6) is 23.5 Å². The number of hydrogen-bond donors (Lipinski definition) is 4. The number of rotatable bonds is 2. The van der Waals surface area contributed by atoms with Crippen molar-refractivity contribution in [2.24, 2.45) is 7.05 Å². The van der Waals surface area contributed by atoms with Crippen LogP contribution in [0.4, 0.5) is 0 Å². The van der Waals surface area contributed by atoms with E-state index in [2.05, 4.69) is 10.2 Å². The van der Waals surface area contributed by atoms with Gasteiger partial charge >= 0.3 is 6.01 Å². The summed E-state index contributed by atoms with van der Waals surface area (Å²) < 4.78 is 8.04. The molecule has 0 radical (unpaired) electrons. The molecule has 2 unspecified atom stereocenters. The molecule has 31 heavy (non-hydrogen) atoms. The molecule has 2 atom stereocenters. The quantitative estimate of drug-likeness (QED) is 0.352. The van der Waals surface area contributed by atoms with Crippen LogP contribution in [-0.4, -0.2) is 39.8 Å². The zero-order valence-corrected chi connectivity index (χ0v) is 16.7. The van der Waals surface area contributed by atoms with E-state index < -0.39 is 11.8 Å². The molecule has 4 N–H and O–H groups in total.